The summed E-state index contributed by atoms with van der Waals surface area (Å²) in [6.45, 7) is 4.33. The van der Waals surface area contributed by atoms with Gasteiger partial charge >= 0.3 is 10.2 Å². The van der Waals surface area contributed by atoms with Gasteiger partial charge in [-0.1, -0.05) is 24.2 Å². The van der Waals surface area contributed by atoms with Crippen LogP contribution in [0.25, 0.3) is 0 Å². The van der Waals surface area contributed by atoms with Gasteiger partial charge in [-0.15, -0.1) is 10.2 Å². The Labute approximate surface area is 94.9 Å². The molecule has 0 N–H and O–H groups in total. The minimum Gasteiger partial charge on any atom is -0.300 e. The number of unbranched alkanes of at least 4 members (excludes halogenated alkanes) is 1. The first-order valence-corrected chi connectivity index (χ1v) is 6.75. The van der Waals surface area contributed by atoms with Crippen molar-refractivity contribution in [2.75, 3.05) is 0 Å². The highest BCUT2D eigenvalue weighted by molar-refractivity contribution is 7.86. The van der Waals surface area contributed by atoms with Crippen LogP contribution in [0.5, 0.6) is 0 Å². The van der Waals surface area contributed by atoms with Crippen molar-refractivity contribution < 1.29 is 12.3 Å². The van der Waals surface area contributed by atoms with Gasteiger partial charge in [0.2, 0.25) is 0 Å². The summed E-state index contributed by atoms with van der Waals surface area (Å²) in [7, 11) is -4.77. The maximum Gasteiger partial charge on any atom is 0.368 e. The van der Waals surface area contributed by atoms with E-state index in [2.05, 4.69) is 10.2 Å². The van der Waals surface area contributed by atoms with Crippen molar-refractivity contribution in [3.63, 3.8) is 0 Å². The minimum atomic E-state index is -4.77. The predicted molar refractivity (Wildman–Crippen MR) is 57.2 cm³/mol. The van der Waals surface area contributed by atoms with Crippen LogP contribution in [0, 0.1) is 0 Å². The highest BCUT2D eigenvalue weighted by atomic mass is 32.3. The largest absolute Gasteiger partial charge is 0.368 e. The van der Waals surface area contributed by atoms with Crippen molar-refractivity contribution in [1.82, 2.24) is 14.8 Å². The molecule has 5 nitrogen and oxygen atoms in total. The lowest BCUT2D eigenvalue weighted by Gasteiger charge is -2.05. The van der Waals surface area contributed by atoms with Gasteiger partial charge in [-0.25, -0.2) is 0 Å². The maximum absolute atomic E-state index is 12.9. The molecule has 0 saturated heterocycles. The van der Waals surface area contributed by atoms with Crippen LogP contribution in [0.1, 0.15) is 38.9 Å². The fourth-order valence-corrected chi connectivity index (χ4v) is 2.07. The molecule has 7 heteroatoms. The Balaban J connectivity index is 3.07. The normalized spacial score (nSPS) is 11.9. The molecule has 0 aliphatic heterocycles. The Hall–Kier alpha value is -0.980. The summed E-state index contributed by atoms with van der Waals surface area (Å²) >= 11 is 0. The molecular weight excluding hydrogens is 233 g/mol. The van der Waals surface area contributed by atoms with Crippen LogP contribution >= 0.6 is 0 Å². The van der Waals surface area contributed by atoms with Gasteiger partial charge in [0.05, 0.1) is 0 Å². The molecule has 0 atom stereocenters. The third-order valence-corrected chi connectivity index (χ3v) is 2.95. The van der Waals surface area contributed by atoms with Gasteiger partial charge in [-0.05, 0) is 12.8 Å². The zero-order chi connectivity index (χ0) is 12.2. The van der Waals surface area contributed by atoms with Gasteiger partial charge in [0.1, 0.15) is 5.82 Å². The van der Waals surface area contributed by atoms with Gasteiger partial charge < -0.3 is 0 Å². The van der Waals surface area contributed by atoms with Crippen molar-refractivity contribution in [2.24, 2.45) is 0 Å². The van der Waals surface area contributed by atoms with E-state index >= 15 is 0 Å². The second kappa shape index (κ2) is 5.38. The number of aryl methyl sites for hydroxylation is 1. The van der Waals surface area contributed by atoms with Crippen molar-refractivity contribution >= 4 is 10.2 Å². The van der Waals surface area contributed by atoms with E-state index in [0.717, 1.165) is 12.8 Å². The third-order valence-electron chi connectivity index (χ3n) is 2.21. The molecular formula is C9H16FN3O2S. The van der Waals surface area contributed by atoms with E-state index < -0.39 is 15.4 Å². The van der Waals surface area contributed by atoms with Crippen LogP contribution in [0.3, 0.4) is 0 Å². The van der Waals surface area contributed by atoms with Gasteiger partial charge in [0, 0.05) is 13.0 Å². The zero-order valence-electron chi connectivity index (χ0n) is 9.48. The van der Waals surface area contributed by atoms with Gasteiger partial charge in [0.25, 0.3) is 5.16 Å². The van der Waals surface area contributed by atoms with Crippen molar-refractivity contribution in [1.29, 1.82) is 0 Å². The van der Waals surface area contributed by atoms with Crippen molar-refractivity contribution in [2.45, 2.75) is 51.2 Å². The predicted octanol–water partition coefficient (Wildman–Crippen LogP) is 1.69. The Bertz CT molecular complexity index is 442. The minimum absolute atomic E-state index is 0.421. The van der Waals surface area contributed by atoms with Crippen molar-refractivity contribution in [3.05, 3.63) is 5.82 Å². The van der Waals surface area contributed by atoms with Crippen molar-refractivity contribution in [3.8, 4) is 0 Å². The van der Waals surface area contributed by atoms with Crippen LogP contribution in [0.4, 0.5) is 3.89 Å². The first-order valence-electron chi connectivity index (χ1n) is 5.37. The highest BCUT2D eigenvalue weighted by Crippen LogP contribution is 2.14. The second-order valence-electron chi connectivity index (χ2n) is 3.59. The monoisotopic (exact) mass is 249 g/mol. The standard InChI is InChI=1S/C9H16FN3O2S/c1-3-5-6-8-11-12-9(16(10,14)15)13(8)7-4-2/h3-7H2,1-2H3. The molecule has 16 heavy (non-hydrogen) atoms. The van der Waals surface area contributed by atoms with E-state index in [0.29, 0.717) is 25.2 Å². The Morgan fingerprint density at radius 2 is 1.94 bits per heavy atom. The molecule has 0 aromatic carbocycles. The van der Waals surface area contributed by atoms with E-state index in [4.69, 9.17) is 0 Å². The molecule has 0 fully saturated rings. The molecule has 1 heterocycles. The lowest BCUT2D eigenvalue weighted by Crippen LogP contribution is -2.10. The van der Waals surface area contributed by atoms with E-state index in [1.807, 2.05) is 13.8 Å². The van der Waals surface area contributed by atoms with E-state index in [9.17, 15) is 12.3 Å². The lowest BCUT2D eigenvalue weighted by atomic mass is 10.2. The molecule has 1 aromatic heterocycles. The topological polar surface area (TPSA) is 64.8 Å². The molecule has 0 amide bonds. The second-order valence-corrected chi connectivity index (χ2v) is 4.83. The van der Waals surface area contributed by atoms with Gasteiger partial charge in [-0.3, -0.25) is 4.57 Å². The van der Waals surface area contributed by atoms with Crippen LogP contribution in [0.15, 0.2) is 5.16 Å². The lowest BCUT2D eigenvalue weighted by molar-refractivity contribution is 0.512. The number of hydrogen-bond acceptors (Lipinski definition) is 4. The Morgan fingerprint density at radius 1 is 1.25 bits per heavy atom. The molecule has 0 spiro atoms. The summed E-state index contributed by atoms with van der Waals surface area (Å²) in [6.07, 6.45) is 3.18. The summed E-state index contributed by atoms with van der Waals surface area (Å²) in [6, 6.07) is 0. The molecule has 0 aliphatic carbocycles. The molecule has 1 rings (SSSR count). The third kappa shape index (κ3) is 3.01. The number of hydrogen-bond donors (Lipinski definition) is 0. The number of rotatable bonds is 6. The zero-order valence-corrected chi connectivity index (χ0v) is 10.3. The molecule has 1 aromatic rings. The van der Waals surface area contributed by atoms with Crippen LogP contribution in [-0.2, 0) is 23.2 Å². The van der Waals surface area contributed by atoms with E-state index in [1.165, 1.54) is 4.57 Å². The van der Waals surface area contributed by atoms with Crippen LogP contribution in [-0.4, -0.2) is 23.2 Å². The summed E-state index contributed by atoms with van der Waals surface area (Å²) in [5.41, 5.74) is 0. The number of nitrogens with zero attached hydrogens (tertiary/aromatic N) is 3. The summed E-state index contributed by atoms with van der Waals surface area (Å²) in [5, 5.41) is 6.57. The van der Waals surface area contributed by atoms with Gasteiger partial charge in [0.15, 0.2) is 0 Å². The quantitative estimate of drug-likeness (QED) is 0.720. The average molecular weight is 249 g/mol. The number of halogens is 1. The summed E-state index contributed by atoms with van der Waals surface area (Å²) < 4.78 is 35.9. The van der Waals surface area contributed by atoms with Crippen LogP contribution in [0.2, 0.25) is 0 Å². The molecule has 0 unspecified atom stereocenters. The summed E-state index contributed by atoms with van der Waals surface area (Å²) in [4.78, 5) is 0. The maximum atomic E-state index is 12.9. The molecule has 0 aliphatic rings. The average Bonchev–Trinajstić information content (AvgIpc) is 2.58. The SMILES string of the molecule is CCCCc1nnc(S(=O)(=O)F)n1CCC. The molecule has 92 valence electrons. The van der Waals surface area contributed by atoms with E-state index in [1.54, 1.807) is 0 Å². The van der Waals surface area contributed by atoms with Gasteiger partial charge in [-0.2, -0.15) is 8.42 Å². The smallest absolute Gasteiger partial charge is 0.300 e. The summed E-state index contributed by atoms with van der Waals surface area (Å²) in [5.74, 6) is 0.542. The number of aromatic nitrogens is 3. The highest BCUT2D eigenvalue weighted by Gasteiger charge is 2.23. The molecule has 0 saturated carbocycles. The first kappa shape index (κ1) is 13.1. The molecule has 0 radical (unpaired) electrons. The molecule has 0 bridgehead atoms. The fraction of sp³-hybridized carbons (Fsp3) is 0.778. The van der Waals surface area contributed by atoms with E-state index in [-0.39, 0.29) is 0 Å². The Kier molecular flexibility index (Phi) is 4.40. The first-order chi connectivity index (χ1) is 7.50. The Morgan fingerprint density at radius 3 is 2.44 bits per heavy atom. The fourth-order valence-electron chi connectivity index (χ4n) is 1.47. The van der Waals surface area contributed by atoms with Crippen LogP contribution < -0.4 is 0 Å².